The summed E-state index contributed by atoms with van der Waals surface area (Å²) >= 11 is 1.65. The molecule has 6 heteroatoms. The zero-order chi connectivity index (χ0) is 18.5. The van der Waals surface area contributed by atoms with Crippen LogP contribution in [0.4, 0.5) is 0 Å². The smallest absolute Gasteiger partial charge is 0.234 e. The lowest BCUT2D eigenvalue weighted by molar-refractivity contribution is -0.122. The van der Waals surface area contributed by atoms with Crippen LogP contribution in [0.15, 0.2) is 35.2 Å². The number of piperazine rings is 1. The van der Waals surface area contributed by atoms with Gasteiger partial charge in [0.1, 0.15) is 0 Å². The van der Waals surface area contributed by atoms with Crippen LogP contribution in [-0.2, 0) is 17.8 Å². The third-order valence-electron chi connectivity index (χ3n) is 5.74. The molecule has 0 bridgehead atoms. The molecule has 1 aliphatic carbocycles. The van der Waals surface area contributed by atoms with Crippen LogP contribution in [0, 0.1) is 0 Å². The van der Waals surface area contributed by atoms with Crippen LogP contribution < -0.4 is 5.32 Å². The van der Waals surface area contributed by atoms with Crippen molar-refractivity contribution in [3.05, 3.63) is 52.0 Å². The van der Waals surface area contributed by atoms with Crippen LogP contribution >= 0.6 is 11.3 Å². The second-order valence-electron chi connectivity index (χ2n) is 7.62. The van der Waals surface area contributed by atoms with Crippen LogP contribution in [0.2, 0.25) is 0 Å². The molecule has 0 spiro atoms. The summed E-state index contributed by atoms with van der Waals surface area (Å²) in [5.41, 5.74) is 5.93. The molecular formula is C21H28N4OS. The van der Waals surface area contributed by atoms with Gasteiger partial charge < -0.3 is 5.32 Å². The van der Waals surface area contributed by atoms with Crippen molar-refractivity contribution >= 4 is 17.2 Å². The molecule has 1 N–H and O–H groups in total. The van der Waals surface area contributed by atoms with Crippen molar-refractivity contribution in [1.82, 2.24) is 20.1 Å². The van der Waals surface area contributed by atoms with Gasteiger partial charge in [-0.05, 0) is 30.4 Å². The molecule has 1 aromatic carbocycles. The highest BCUT2D eigenvalue weighted by molar-refractivity contribution is 7.07. The number of hydrogen-bond acceptors (Lipinski definition) is 5. The van der Waals surface area contributed by atoms with Crippen molar-refractivity contribution in [2.24, 2.45) is 0 Å². The second kappa shape index (κ2) is 8.95. The molecule has 144 valence electrons. The van der Waals surface area contributed by atoms with Crippen molar-refractivity contribution in [3.8, 4) is 0 Å². The number of aryl methyl sites for hydroxylation is 1. The van der Waals surface area contributed by atoms with Gasteiger partial charge in [-0.25, -0.2) is 4.98 Å². The molecule has 0 saturated carbocycles. The number of rotatable bonds is 6. The molecule has 1 saturated heterocycles. The third kappa shape index (κ3) is 4.94. The molecule has 0 unspecified atom stereocenters. The first-order valence-corrected chi connectivity index (χ1v) is 10.9. The number of nitrogens with one attached hydrogen (secondary N) is 1. The van der Waals surface area contributed by atoms with E-state index in [4.69, 9.17) is 0 Å². The Labute approximate surface area is 165 Å². The van der Waals surface area contributed by atoms with Crippen molar-refractivity contribution in [2.75, 3.05) is 39.3 Å². The highest BCUT2D eigenvalue weighted by Crippen LogP contribution is 2.30. The highest BCUT2D eigenvalue weighted by Gasteiger charge is 2.22. The molecule has 1 amide bonds. The molecule has 1 aliphatic heterocycles. The first-order chi connectivity index (χ1) is 13.3. The fraction of sp³-hybridized carbons (Fsp3) is 0.524. The third-order valence-corrected chi connectivity index (χ3v) is 6.38. The Morgan fingerprint density at radius 2 is 2.00 bits per heavy atom. The summed E-state index contributed by atoms with van der Waals surface area (Å²) < 4.78 is 0. The Kier molecular flexibility index (Phi) is 6.17. The molecule has 0 radical (unpaired) electrons. The lowest BCUT2D eigenvalue weighted by atomic mass is 9.83. The fourth-order valence-electron chi connectivity index (χ4n) is 4.21. The first-order valence-electron chi connectivity index (χ1n) is 9.94. The Morgan fingerprint density at radius 3 is 2.81 bits per heavy atom. The monoisotopic (exact) mass is 384 g/mol. The molecule has 1 fully saturated rings. The molecule has 1 atom stereocenters. The number of fused-ring (bicyclic) bond motifs is 1. The zero-order valence-corrected chi connectivity index (χ0v) is 16.6. The van der Waals surface area contributed by atoms with Crippen LogP contribution in [0.1, 0.15) is 35.6 Å². The van der Waals surface area contributed by atoms with Crippen LogP contribution in [0.5, 0.6) is 0 Å². The van der Waals surface area contributed by atoms with Crippen molar-refractivity contribution in [1.29, 1.82) is 0 Å². The normalized spacial score (nSPS) is 21.0. The number of nitrogens with zero attached hydrogens (tertiary/aromatic N) is 3. The Balaban J connectivity index is 1.19. The summed E-state index contributed by atoms with van der Waals surface area (Å²) in [6.45, 7) is 6.10. The van der Waals surface area contributed by atoms with Crippen molar-refractivity contribution in [3.63, 3.8) is 0 Å². The molecule has 1 aromatic heterocycles. The van der Waals surface area contributed by atoms with E-state index in [1.807, 2.05) is 5.51 Å². The standard InChI is InChI=1S/C21H28N4OS/c26-21(22-12-18-6-3-5-17-4-1-2-7-20(17)18)14-25-10-8-24(9-11-25)13-19-15-27-16-23-19/h1-2,4,7,15-16,18H,3,5-6,8-14H2,(H,22,26)/t18-/m0/s1. The van der Waals surface area contributed by atoms with Crippen LogP contribution in [0.25, 0.3) is 0 Å². The number of amides is 1. The largest absolute Gasteiger partial charge is 0.354 e. The number of carbonyl (C=O) groups is 1. The van der Waals surface area contributed by atoms with Gasteiger partial charge in [0.15, 0.2) is 0 Å². The number of carbonyl (C=O) groups excluding carboxylic acids is 1. The molecule has 27 heavy (non-hydrogen) atoms. The molecular weight excluding hydrogens is 356 g/mol. The van der Waals surface area contributed by atoms with E-state index in [9.17, 15) is 4.79 Å². The van der Waals surface area contributed by atoms with Gasteiger partial charge in [0, 0.05) is 50.6 Å². The average molecular weight is 385 g/mol. The maximum absolute atomic E-state index is 12.4. The summed E-state index contributed by atoms with van der Waals surface area (Å²) in [4.78, 5) is 21.5. The first kappa shape index (κ1) is 18.6. The molecule has 2 aromatic rings. The van der Waals surface area contributed by atoms with Crippen LogP contribution in [-0.4, -0.2) is 60.0 Å². The summed E-state index contributed by atoms with van der Waals surface area (Å²) in [6.07, 6.45) is 3.57. The number of aromatic nitrogens is 1. The topological polar surface area (TPSA) is 48.5 Å². The molecule has 2 heterocycles. The summed E-state index contributed by atoms with van der Waals surface area (Å²) in [7, 11) is 0. The quantitative estimate of drug-likeness (QED) is 0.831. The Bertz CT molecular complexity index is 740. The van der Waals surface area contributed by atoms with Gasteiger partial charge in [-0.15, -0.1) is 11.3 Å². The van der Waals surface area contributed by atoms with E-state index in [0.717, 1.165) is 45.0 Å². The van der Waals surface area contributed by atoms with E-state index in [1.165, 1.54) is 30.4 Å². The molecule has 2 aliphatic rings. The lowest BCUT2D eigenvalue weighted by Crippen LogP contribution is -2.49. The minimum absolute atomic E-state index is 0.158. The second-order valence-corrected chi connectivity index (χ2v) is 8.34. The Hall–Kier alpha value is -1.76. The van der Waals surface area contributed by atoms with Crippen molar-refractivity contribution in [2.45, 2.75) is 31.7 Å². The average Bonchev–Trinajstić information content (AvgIpc) is 3.21. The Morgan fingerprint density at radius 1 is 1.19 bits per heavy atom. The minimum Gasteiger partial charge on any atom is -0.354 e. The van der Waals surface area contributed by atoms with E-state index in [1.54, 1.807) is 11.3 Å². The van der Waals surface area contributed by atoms with Gasteiger partial charge in [-0.2, -0.15) is 0 Å². The van der Waals surface area contributed by atoms with E-state index in [-0.39, 0.29) is 5.91 Å². The lowest BCUT2D eigenvalue weighted by Gasteiger charge is -2.34. The van der Waals surface area contributed by atoms with Gasteiger partial charge in [0.05, 0.1) is 17.7 Å². The molecule has 5 nitrogen and oxygen atoms in total. The predicted octanol–water partition coefficient (Wildman–Crippen LogP) is 2.50. The summed E-state index contributed by atoms with van der Waals surface area (Å²) in [5.74, 6) is 0.625. The van der Waals surface area contributed by atoms with Gasteiger partial charge in [0.2, 0.25) is 5.91 Å². The zero-order valence-electron chi connectivity index (χ0n) is 15.8. The van der Waals surface area contributed by atoms with Gasteiger partial charge >= 0.3 is 0 Å². The minimum atomic E-state index is 0.158. The maximum atomic E-state index is 12.4. The summed E-state index contributed by atoms with van der Waals surface area (Å²) in [6, 6.07) is 8.69. The fourth-order valence-corrected chi connectivity index (χ4v) is 4.76. The van der Waals surface area contributed by atoms with Gasteiger partial charge in [0.25, 0.3) is 0 Å². The number of thiazole rings is 1. The van der Waals surface area contributed by atoms with Crippen molar-refractivity contribution < 1.29 is 4.79 Å². The maximum Gasteiger partial charge on any atom is 0.234 e. The van der Waals surface area contributed by atoms with Gasteiger partial charge in [-0.1, -0.05) is 24.3 Å². The van der Waals surface area contributed by atoms with E-state index in [0.29, 0.717) is 12.5 Å². The molecule has 4 rings (SSSR count). The summed E-state index contributed by atoms with van der Waals surface area (Å²) in [5, 5.41) is 5.30. The SMILES string of the molecule is O=C(CN1CCN(Cc2cscn2)CC1)NC[C@@H]1CCCc2ccccc21. The number of benzene rings is 1. The highest BCUT2D eigenvalue weighted by atomic mass is 32.1. The van der Waals surface area contributed by atoms with E-state index in [2.05, 4.69) is 49.7 Å². The predicted molar refractivity (Wildman–Crippen MR) is 109 cm³/mol. The van der Waals surface area contributed by atoms with E-state index >= 15 is 0 Å². The van der Waals surface area contributed by atoms with Crippen LogP contribution in [0.3, 0.4) is 0 Å². The van der Waals surface area contributed by atoms with E-state index < -0.39 is 0 Å². The number of hydrogen-bond donors (Lipinski definition) is 1. The van der Waals surface area contributed by atoms with Gasteiger partial charge in [-0.3, -0.25) is 14.6 Å².